The van der Waals surface area contributed by atoms with Crippen LogP contribution in [0.15, 0.2) is 113 Å². The molecule has 0 saturated carbocycles. The van der Waals surface area contributed by atoms with Crippen LogP contribution in [0.25, 0.3) is 22.1 Å². The minimum atomic E-state index is -0.228. The van der Waals surface area contributed by atoms with E-state index in [1.807, 2.05) is 73.7 Å². The van der Waals surface area contributed by atoms with E-state index >= 15 is 0 Å². The Bertz CT molecular complexity index is 1430. The molecule has 4 nitrogen and oxygen atoms in total. The fourth-order valence-corrected chi connectivity index (χ4v) is 3.58. The van der Waals surface area contributed by atoms with E-state index in [4.69, 9.17) is 13.9 Å². The first-order chi connectivity index (χ1) is 16.2. The van der Waals surface area contributed by atoms with E-state index in [9.17, 15) is 4.79 Å². The summed E-state index contributed by atoms with van der Waals surface area (Å²) in [6.07, 6.45) is 1.35. The molecule has 0 radical (unpaired) electrons. The molecule has 0 fully saturated rings. The van der Waals surface area contributed by atoms with Gasteiger partial charge in [-0.25, -0.2) is 0 Å². The third-order valence-electron chi connectivity index (χ3n) is 5.43. The zero-order valence-electron chi connectivity index (χ0n) is 18.2. The lowest BCUT2D eigenvalue weighted by molar-refractivity contribution is 0.306. The fraction of sp³-hybridized carbons (Fsp3) is 0.0690. The van der Waals surface area contributed by atoms with Crippen molar-refractivity contribution in [2.24, 2.45) is 0 Å². The molecule has 0 N–H and O–H groups in total. The summed E-state index contributed by atoms with van der Waals surface area (Å²) in [4.78, 5) is 12.9. The van der Waals surface area contributed by atoms with Crippen molar-refractivity contribution in [2.75, 3.05) is 0 Å². The third-order valence-corrected chi connectivity index (χ3v) is 5.43. The zero-order chi connectivity index (χ0) is 22.6. The van der Waals surface area contributed by atoms with E-state index in [-0.39, 0.29) is 11.2 Å². The molecule has 5 rings (SSSR count). The van der Waals surface area contributed by atoms with Gasteiger partial charge in [0, 0.05) is 6.07 Å². The van der Waals surface area contributed by atoms with Crippen LogP contribution in [0.4, 0.5) is 0 Å². The Balaban J connectivity index is 1.32. The number of hydrogen-bond acceptors (Lipinski definition) is 4. The van der Waals surface area contributed by atoms with Gasteiger partial charge >= 0.3 is 0 Å². The Morgan fingerprint density at radius 2 is 1.45 bits per heavy atom. The molecule has 0 atom stereocenters. The zero-order valence-corrected chi connectivity index (χ0v) is 18.2. The van der Waals surface area contributed by atoms with Crippen molar-refractivity contribution in [3.8, 4) is 28.4 Å². The average molecular weight is 434 g/mol. The first-order valence-electron chi connectivity index (χ1n) is 10.7. The van der Waals surface area contributed by atoms with Gasteiger partial charge in [0.15, 0.2) is 0 Å². The Labute approximate surface area is 191 Å². The lowest BCUT2D eigenvalue weighted by Gasteiger charge is -2.09. The van der Waals surface area contributed by atoms with Gasteiger partial charge in [-0.3, -0.25) is 4.79 Å². The maximum absolute atomic E-state index is 12.9. The van der Waals surface area contributed by atoms with Crippen molar-refractivity contribution in [2.45, 2.75) is 13.5 Å². The maximum atomic E-state index is 12.9. The molecular weight excluding hydrogens is 412 g/mol. The number of ether oxygens (including phenoxy) is 2. The van der Waals surface area contributed by atoms with Gasteiger partial charge in [-0.05, 0) is 47.9 Å². The van der Waals surface area contributed by atoms with E-state index in [1.165, 1.54) is 11.8 Å². The quantitative estimate of drug-likeness (QED) is 0.285. The maximum Gasteiger partial charge on any atom is 0.235 e. The van der Waals surface area contributed by atoms with Crippen LogP contribution in [-0.2, 0) is 6.61 Å². The van der Waals surface area contributed by atoms with Crippen LogP contribution in [0.2, 0.25) is 0 Å². The first kappa shape index (κ1) is 20.6. The van der Waals surface area contributed by atoms with Gasteiger partial charge < -0.3 is 13.9 Å². The van der Waals surface area contributed by atoms with Crippen molar-refractivity contribution >= 4 is 11.0 Å². The minimum Gasteiger partial charge on any atom is -0.489 e. The molecule has 162 valence electrons. The lowest BCUT2D eigenvalue weighted by atomic mass is 10.1. The summed E-state index contributed by atoms with van der Waals surface area (Å²) in [5, 5.41) is 0.441. The van der Waals surface area contributed by atoms with Crippen LogP contribution in [-0.4, -0.2) is 0 Å². The summed E-state index contributed by atoms with van der Waals surface area (Å²) in [6.45, 7) is 2.49. The number of rotatable bonds is 6. The molecule has 0 aliphatic carbocycles. The average Bonchev–Trinajstić information content (AvgIpc) is 2.86. The second kappa shape index (κ2) is 9.05. The van der Waals surface area contributed by atoms with Crippen LogP contribution in [0.1, 0.15) is 11.1 Å². The van der Waals surface area contributed by atoms with Gasteiger partial charge in [0.1, 0.15) is 30.0 Å². The lowest BCUT2D eigenvalue weighted by Crippen LogP contribution is -2.05. The smallest absolute Gasteiger partial charge is 0.235 e. The summed E-state index contributed by atoms with van der Waals surface area (Å²) >= 11 is 0. The molecule has 33 heavy (non-hydrogen) atoms. The molecule has 0 aliphatic rings. The Morgan fingerprint density at radius 1 is 0.758 bits per heavy atom. The van der Waals surface area contributed by atoms with Gasteiger partial charge in [0.25, 0.3) is 0 Å². The highest BCUT2D eigenvalue weighted by molar-refractivity contribution is 5.79. The van der Waals surface area contributed by atoms with Gasteiger partial charge in [0.2, 0.25) is 11.2 Å². The van der Waals surface area contributed by atoms with Crippen molar-refractivity contribution in [1.29, 1.82) is 0 Å². The van der Waals surface area contributed by atoms with E-state index < -0.39 is 0 Å². The summed E-state index contributed by atoms with van der Waals surface area (Å²) in [6, 6.07) is 31.1. The van der Waals surface area contributed by atoms with Crippen LogP contribution in [0, 0.1) is 6.92 Å². The largest absolute Gasteiger partial charge is 0.489 e. The van der Waals surface area contributed by atoms with Crippen molar-refractivity contribution in [3.63, 3.8) is 0 Å². The predicted molar refractivity (Wildman–Crippen MR) is 130 cm³/mol. The molecule has 0 amide bonds. The summed E-state index contributed by atoms with van der Waals surface area (Å²) < 4.78 is 17.4. The van der Waals surface area contributed by atoms with E-state index in [2.05, 4.69) is 12.1 Å². The monoisotopic (exact) mass is 434 g/mol. The molecule has 1 heterocycles. The summed E-state index contributed by atoms with van der Waals surface area (Å²) in [5.41, 5.74) is 4.70. The van der Waals surface area contributed by atoms with Crippen molar-refractivity contribution in [3.05, 3.63) is 125 Å². The molecule has 5 aromatic rings. The predicted octanol–water partition coefficient (Wildman–Crippen LogP) is 7.14. The molecule has 0 aliphatic heterocycles. The molecule has 1 aromatic heterocycles. The fourth-order valence-electron chi connectivity index (χ4n) is 3.58. The van der Waals surface area contributed by atoms with Crippen molar-refractivity contribution < 1.29 is 13.9 Å². The Kier molecular flexibility index (Phi) is 5.64. The third kappa shape index (κ3) is 4.65. The highest BCUT2D eigenvalue weighted by Gasteiger charge is 2.11. The normalized spacial score (nSPS) is 10.8. The Morgan fingerprint density at radius 3 is 2.21 bits per heavy atom. The molecule has 4 aromatic carbocycles. The van der Waals surface area contributed by atoms with Gasteiger partial charge in [-0.2, -0.15) is 0 Å². The number of aryl methyl sites for hydroxylation is 1. The van der Waals surface area contributed by atoms with Gasteiger partial charge in [0.05, 0.1) is 5.39 Å². The van der Waals surface area contributed by atoms with Crippen LogP contribution in [0.5, 0.6) is 17.2 Å². The highest BCUT2D eigenvalue weighted by Crippen LogP contribution is 2.27. The number of benzene rings is 4. The number of hydrogen-bond donors (Lipinski definition) is 0. The summed E-state index contributed by atoms with van der Waals surface area (Å²) in [5.74, 6) is 1.35. The molecule has 0 bridgehead atoms. The van der Waals surface area contributed by atoms with E-state index in [0.29, 0.717) is 29.1 Å². The minimum absolute atomic E-state index is 0.142. The molecule has 0 saturated heterocycles. The Hall–Kier alpha value is -4.31. The van der Waals surface area contributed by atoms with Crippen molar-refractivity contribution in [1.82, 2.24) is 0 Å². The summed E-state index contributed by atoms with van der Waals surface area (Å²) in [7, 11) is 0. The highest BCUT2D eigenvalue weighted by atomic mass is 16.5. The second-order valence-corrected chi connectivity index (χ2v) is 7.85. The molecular formula is C29H22O4. The number of fused-ring (bicyclic) bond motifs is 1. The van der Waals surface area contributed by atoms with Crippen LogP contribution < -0.4 is 14.9 Å². The van der Waals surface area contributed by atoms with Crippen LogP contribution in [0.3, 0.4) is 0 Å². The van der Waals surface area contributed by atoms with Crippen LogP contribution >= 0.6 is 0 Å². The van der Waals surface area contributed by atoms with Gasteiger partial charge in [-0.15, -0.1) is 0 Å². The standard InChI is InChI=1S/C29H22O4/c1-20-7-9-21(10-8-20)18-31-25-15-16-26-27(17-25)32-19-28(29(26)30)33-24-13-11-23(12-14-24)22-5-3-2-4-6-22/h2-17,19H,18H2,1H3. The topological polar surface area (TPSA) is 48.7 Å². The van der Waals surface area contributed by atoms with Gasteiger partial charge in [-0.1, -0.05) is 72.3 Å². The molecule has 0 unspecified atom stereocenters. The van der Waals surface area contributed by atoms with E-state index in [0.717, 1.165) is 16.7 Å². The molecule has 0 spiro atoms. The second-order valence-electron chi connectivity index (χ2n) is 7.85. The van der Waals surface area contributed by atoms with E-state index in [1.54, 1.807) is 18.2 Å². The molecule has 4 heteroatoms. The SMILES string of the molecule is Cc1ccc(COc2ccc3c(=O)c(Oc4ccc(-c5ccccc5)cc4)coc3c2)cc1. The first-order valence-corrected chi connectivity index (χ1v) is 10.7.